The second-order valence-electron chi connectivity index (χ2n) is 3.57. The van der Waals surface area contributed by atoms with Gasteiger partial charge in [-0.1, -0.05) is 23.2 Å². The van der Waals surface area contributed by atoms with Crippen LogP contribution in [-0.2, 0) is 0 Å². The van der Waals surface area contributed by atoms with Crippen molar-refractivity contribution in [2.45, 2.75) is 4.90 Å². The number of rotatable bonds is 3. The molecule has 0 fully saturated rings. The highest BCUT2D eigenvalue weighted by Gasteiger charge is 2.09. The highest BCUT2D eigenvalue weighted by Crippen LogP contribution is 2.31. The number of benzene rings is 2. The molecule has 0 aliphatic heterocycles. The topological polar surface area (TPSA) is 32.3 Å². The number of hydrogen-bond donors (Lipinski definition) is 2. The zero-order valence-corrected chi connectivity index (χ0v) is 11.6. The normalized spacial score (nSPS) is 10.5. The van der Waals surface area contributed by atoms with E-state index in [1.54, 1.807) is 6.07 Å². The van der Waals surface area contributed by atoms with E-state index in [1.165, 1.54) is 12.1 Å². The maximum atomic E-state index is 13.5. The Balaban J connectivity index is 2.14. The van der Waals surface area contributed by atoms with E-state index in [0.29, 0.717) is 5.69 Å². The molecule has 0 spiro atoms. The molecule has 100 valence electrons. The molecule has 0 radical (unpaired) electrons. The Bertz CT molecular complexity index is 625. The van der Waals surface area contributed by atoms with Gasteiger partial charge in [-0.25, -0.2) is 8.78 Å². The zero-order valence-electron chi connectivity index (χ0n) is 9.25. The molecule has 0 aliphatic carbocycles. The predicted molar refractivity (Wildman–Crippen MR) is 74.0 cm³/mol. The molecule has 0 amide bonds. The molecule has 0 aliphatic rings. The lowest BCUT2D eigenvalue weighted by atomic mass is 10.3. The minimum atomic E-state index is -0.702. The summed E-state index contributed by atoms with van der Waals surface area (Å²) < 4.78 is 29.5. The Kier molecular flexibility index (Phi) is 4.39. The minimum absolute atomic E-state index is 0.0522. The average molecular weight is 322 g/mol. The van der Waals surface area contributed by atoms with E-state index in [1.807, 2.05) is 0 Å². The first-order valence-electron chi connectivity index (χ1n) is 5.03. The molecule has 7 heteroatoms. The summed E-state index contributed by atoms with van der Waals surface area (Å²) in [5.74, 6) is -1.44. The summed E-state index contributed by atoms with van der Waals surface area (Å²) in [5.41, 5.74) is 0.502. The molecule has 2 rings (SSSR count). The monoisotopic (exact) mass is 321 g/mol. The van der Waals surface area contributed by atoms with Gasteiger partial charge in [0, 0.05) is 11.8 Å². The third kappa shape index (κ3) is 3.43. The molecule has 2 aromatic carbocycles. The fraction of sp³-hybridized carbons (Fsp3) is 0. The van der Waals surface area contributed by atoms with Crippen LogP contribution in [0, 0.1) is 11.6 Å². The second kappa shape index (κ2) is 5.86. The molecule has 2 N–H and O–H groups in total. The number of nitrogens with one attached hydrogen (secondary N) is 1. The number of hydrogen-bond acceptors (Lipinski definition) is 3. The molecule has 2 nitrogen and oxygen atoms in total. The largest absolute Gasteiger partial charge is 0.506 e. The fourth-order valence-electron chi connectivity index (χ4n) is 1.27. The Labute approximate surface area is 122 Å². The summed E-state index contributed by atoms with van der Waals surface area (Å²) >= 11 is 12.0. The van der Waals surface area contributed by atoms with Crippen molar-refractivity contribution in [1.29, 1.82) is 0 Å². The Morgan fingerprint density at radius 3 is 2.42 bits per heavy atom. The zero-order chi connectivity index (χ0) is 14.0. The number of halogens is 4. The number of aromatic hydroxyl groups is 1. The van der Waals surface area contributed by atoms with Gasteiger partial charge in [-0.3, -0.25) is 0 Å². The lowest BCUT2D eigenvalue weighted by molar-refractivity contribution is 0.476. The Hall–Kier alpha value is -1.17. The van der Waals surface area contributed by atoms with E-state index in [0.717, 1.165) is 24.1 Å². The summed E-state index contributed by atoms with van der Waals surface area (Å²) in [6.07, 6.45) is 0. The van der Waals surface area contributed by atoms with Gasteiger partial charge in [0.05, 0.1) is 14.9 Å². The van der Waals surface area contributed by atoms with Gasteiger partial charge in [0.25, 0.3) is 0 Å². The summed E-state index contributed by atoms with van der Waals surface area (Å²) in [7, 11) is 0. The Morgan fingerprint density at radius 2 is 1.74 bits per heavy atom. The van der Waals surface area contributed by atoms with E-state index in [2.05, 4.69) is 4.72 Å². The van der Waals surface area contributed by atoms with Crippen LogP contribution in [0.15, 0.2) is 35.2 Å². The van der Waals surface area contributed by atoms with Crippen molar-refractivity contribution in [3.63, 3.8) is 0 Å². The third-order valence-corrected chi connectivity index (χ3v) is 3.68. The molecular weight excluding hydrogens is 315 g/mol. The molecule has 2 aromatic rings. The van der Waals surface area contributed by atoms with Crippen LogP contribution in [0.2, 0.25) is 10.0 Å². The standard InChI is InChI=1S/C12H7Cl2F2NOS/c13-7-2-1-6(3-11(7)18)17-19-12-5-9(15)8(14)4-10(12)16/h1-5,17-18H. The molecule has 0 unspecified atom stereocenters. The second-order valence-corrected chi connectivity index (χ2v) is 5.23. The molecule has 0 atom stereocenters. The smallest absolute Gasteiger partial charge is 0.143 e. The molecule has 0 aromatic heterocycles. The number of phenols is 1. The quantitative estimate of drug-likeness (QED) is 0.609. The molecule has 0 bridgehead atoms. The van der Waals surface area contributed by atoms with Crippen LogP contribution < -0.4 is 4.72 Å². The van der Waals surface area contributed by atoms with Crippen LogP contribution >= 0.6 is 35.1 Å². The van der Waals surface area contributed by atoms with Gasteiger partial charge in [0.1, 0.15) is 17.4 Å². The van der Waals surface area contributed by atoms with Gasteiger partial charge in [-0.2, -0.15) is 0 Å². The molecule has 0 saturated heterocycles. The SMILES string of the molecule is Oc1cc(NSc2cc(F)c(Cl)cc2F)ccc1Cl. The molecule has 0 saturated carbocycles. The van der Waals surface area contributed by atoms with Crippen molar-refractivity contribution >= 4 is 40.8 Å². The maximum absolute atomic E-state index is 13.5. The van der Waals surface area contributed by atoms with Crippen molar-refractivity contribution in [3.8, 4) is 5.75 Å². The maximum Gasteiger partial charge on any atom is 0.143 e. The van der Waals surface area contributed by atoms with Crippen molar-refractivity contribution in [1.82, 2.24) is 0 Å². The van der Waals surface area contributed by atoms with Crippen LogP contribution in [0.4, 0.5) is 14.5 Å². The van der Waals surface area contributed by atoms with Gasteiger partial charge in [-0.05, 0) is 36.2 Å². The van der Waals surface area contributed by atoms with Gasteiger partial charge in [0.2, 0.25) is 0 Å². The Morgan fingerprint density at radius 1 is 1.00 bits per heavy atom. The van der Waals surface area contributed by atoms with Crippen molar-refractivity contribution in [2.24, 2.45) is 0 Å². The lowest BCUT2D eigenvalue weighted by Gasteiger charge is -2.08. The van der Waals surface area contributed by atoms with Crippen LogP contribution in [0.25, 0.3) is 0 Å². The van der Waals surface area contributed by atoms with E-state index in [9.17, 15) is 13.9 Å². The van der Waals surface area contributed by atoms with Crippen molar-refractivity contribution < 1.29 is 13.9 Å². The van der Waals surface area contributed by atoms with Gasteiger partial charge in [0.15, 0.2) is 0 Å². The van der Waals surface area contributed by atoms with E-state index in [4.69, 9.17) is 23.2 Å². The summed E-state index contributed by atoms with van der Waals surface area (Å²) in [6.45, 7) is 0. The van der Waals surface area contributed by atoms with Crippen molar-refractivity contribution in [3.05, 3.63) is 52.0 Å². The van der Waals surface area contributed by atoms with Gasteiger partial charge >= 0.3 is 0 Å². The van der Waals surface area contributed by atoms with Crippen LogP contribution in [-0.4, -0.2) is 5.11 Å². The van der Waals surface area contributed by atoms with Crippen LogP contribution in [0.1, 0.15) is 0 Å². The van der Waals surface area contributed by atoms with E-state index >= 15 is 0 Å². The first-order valence-corrected chi connectivity index (χ1v) is 6.60. The predicted octanol–water partition coefficient (Wildman–Crippen LogP) is 5.10. The van der Waals surface area contributed by atoms with Gasteiger partial charge < -0.3 is 9.83 Å². The summed E-state index contributed by atoms with van der Waals surface area (Å²) in [4.78, 5) is 0.0522. The van der Waals surface area contributed by atoms with E-state index in [-0.39, 0.29) is 20.7 Å². The van der Waals surface area contributed by atoms with Crippen LogP contribution in [0.3, 0.4) is 0 Å². The van der Waals surface area contributed by atoms with E-state index < -0.39 is 11.6 Å². The van der Waals surface area contributed by atoms with Gasteiger partial charge in [-0.15, -0.1) is 0 Å². The average Bonchev–Trinajstić information content (AvgIpc) is 2.36. The van der Waals surface area contributed by atoms with Crippen molar-refractivity contribution in [2.75, 3.05) is 4.72 Å². The lowest BCUT2D eigenvalue weighted by Crippen LogP contribution is -1.91. The minimum Gasteiger partial charge on any atom is -0.506 e. The fourth-order valence-corrected chi connectivity index (χ4v) is 2.21. The molecule has 0 heterocycles. The number of phenolic OH excluding ortho intramolecular Hbond substituents is 1. The first-order chi connectivity index (χ1) is 8.97. The van der Waals surface area contributed by atoms with Crippen LogP contribution in [0.5, 0.6) is 5.75 Å². The summed E-state index contributed by atoms with van der Waals surface area (Å²) in [5, 5.41) is 9.34. The first kappa shape index (κ1) is 14.2. The highest BCUT2D eigenvalue weighted by atomic mass is 35.5. The number of anilines is 1. The summed E-state index contributed by atoms with van der Waals surface area (Å²) in [6, 6.07) is 6.35. The highest BCUT2D eigenvalue weighted by molar-refractivity contribution is 8.00. The molecular formula is C12H7Cl2F2NOS. The molecule has 19 heavy (non-hydrogen) atoms. The third-order valence-electron chi connectivity index (χ3n) is 2.20.